The second kappa shape index (κ2) is 17.9. The zero-order valence-electron chi connectivity index (χ0n) is 21.4. The fourth-order valence-electron chi connectivity index (χ4n) is 4.29. The summed E-state index contributed by atoms with van der Waals surface area (Å²) in [6.45, 7) is 16.3. The van der Waals surface area contributed by atoms with E-state index in [1.807, 2.05) is 60.7 Å². The van der Waals surface area contributed by atoms with Crippen molar-refractivity contribution < 1.29 is 19.0 Å². The van der Waals surface area contributed by atoms with Gasteiger partial charge in [-0.05, 0) is 40.9 Å². The molecule has 0 amide bonds. The van der Waals surface area contributed by atoms with Gasteiger partial charge in [0.15, 0.2) is 8.32 Å². The van der Waals surface area contributed by atoms with E-state index in [4.69, 9.17) is 19.0 Å². The molecule has 6 heteroatoms. The predicted octanol–water partition coefficient (Wildman–Crippen LogP) is 7.21. The van der Waals surface area contributed by atoms with Gasteiger partial charge in [-0.15, -0.1) is 0 Å². The maximum Gasteiger partial charge on any atom is 0.200 e. The quantitative estimate of drug-likeness (QED) is 0.236. The van der Waals surface area contributed by atoms with Crippen molar-refractivity contribution in [3.8, 4) is 11.5 Å². The summed E-state index contributed by atoms with van der Waals surface area (Å²) >= 11 is 0. The van der Waals surface area contributed by atoms with Crippen molar-refractivity contribution in [2.75, 3.05) is 26.4 Å². The van der Waals surface area contributed by atoms with Crippen LogP contribution in [0.4, 0.5) is 0 Å². The van der Waals surface area contributed by atoms with E-state index in [2.05, 4.69) is 41.5 Å². The molecule has 4 nitrogen and oxygen atoms in total. The second-order valence-electron chi connectivity index (χ2n) is 8.92. The standard InChI is InChI=1S/C18H32O2Si.C9H12O2.H2S/c1-15(2)21(16(3)4,17(5)6)20-14-10-13-19-18-11-8-7-9-12-18;10-7-4-8-11-9-5-2-1-3-6-9;/h7-9,11-12,15-17H,10,13-14H2,1-6H3;1-3,5-6,10H,4,7-8H2;1H2. The van der Waals surface area contributed by atoms with Crippen LogP contribution in [0.3, 0.4) is 0 Å². The summed E-state index contributed by atoms with van der Waals surface area (Å²) in [7, 11) is -1.71. The molecule has 0 aliphatic carbocycles. The molecule has 0 radical (unpaired) electrons. The van der Waals surface area contributed by atoms with Crippen LogP contribution in [-0.2, 0) is 4.43 Å². The van der Waals surface area contributed by atoms with Crippen LogP contribution in [0.15, 0.2) is 60.7 Å². The van der Waals surface area contributed by atoms with Crippen LogP contribution in [0.1, 0.15) is 54.4 Å². The molecule has 0 saturated heterocycles. The van der Waals surface area contributed by atoms with Crippen molar-refractivity contribution in [3.63, 3.8) is 0 Å². The predicted molar refractivity (Wildman–Crippen MR) is 148 cm³/mol. The number of benzene rings is 2. The van der Waals surface area contributed by atoms with E-state index in [0.717, 1.165) is 31.1 Å². The fourth-order valence-corrected chi connectivity index (χ4v) is 9.78. The van der Waals surface area contributed by atoms with E-state index in [0.29, 0.717) is 29.7 Å². The maximum atomic E-state index is 8.46. The molecular formula is C27H46O4SSi. The zero-order valence-corrected chi connectivity index (χ0v) is 23.4. The minimum atomic E-state index is -1.71. The number of rotatable bonds is 13. The van der Waals surface area contributed by atoms with Crippen LogP contribution in [-0.4, -0.2) is 39.9 Å². The zero-order chi connectivity index (χ0) is 23.8. The molecule has 0 aromatic heterocycles. The smallest absolute Gasteiger partial charge is 0.200 e. The Labute approximate surface area is 210 Å². The molecule has 0 aliphatic heterocycles. The monoisotopic (exact) mass is 494 g/mol. The first-order valence-corrected chi connectivity index (χ1v) is 14.1. The van der Waals surface area contributed by atoms with E-state index in [9.17, 15) is 0 Å². The molecular weight excluding hydrogens is 448 g/mol. The summed E-state index contributed by atoms with van der Waals surface area (Å²) in [5.74, 6) is 1.80. The molecule has 0 heterocycles. The molecule has 0 bridgehead atoms. The van der Waals surface area contributed by atoms with Gasteiger partial charge in [-0.1, -0.05) is 77.9 Å². The first-order chi connectivity index (χ1) is 15.3. The number of aliphatic hydroxyl groups excluding tert-OH is 1. The van der Waals surface area contributed by atoms with Crippen molar-refractivity contribution in [2.45, 2.75) is 71.0 Å². The Balaban J connectivity index is 0.000000720. The lowest BCUT2D eigenvalue weighted by Gasteiger charge is -2.42. The Kier molecular flexibility index (Phi) is 17.1. The summed E-state index contributed by atoms with van der Waals surface area (Å²) in [6.07, 6.45) is 1.64. The van der Waals surface area contributed by atoms with Crippen molar-refractivity contribution in [1.29, 1.82) is 0 Å². The molecule has 0 spiro atoms. The van der Waals surface area contributed by atoms with Gasteiger partial charge in [0.25, 0.3) is 0 Å². The van der Waals surface area contributed by atoms with Crippen LogP contribution in [0.5, 0.6) is 11.5 Å². The third-order valence-corrected chi connectivity index (χ3v) is 11.8. The van der Waals surface area contributed by atoms with Crippen LogP contribution in [0, 0.1) is 0 Å². The molecule has 0 aliphatic rings. The van der Waals surface area contributed by atoms with Gasteiger partial charge < -0.3 is 19.0 Å². The highest BCUT2D eigenvalue weighted by atomic mass is 32.1. The van der Waals surface area contributed by atoms with Crippen LogP contribution >= 0.6 is 13.5 Å². The van der Waals surface area contributed by atoms with E-state index in [1.54, 1.807) is 0 Å². The maximum absolute atomic E-state index is 8.46. The second-order valence-corrected chi connectivity index (χ2v) is 14.4. The summed E-state index contributed by atoms with van der Waals surface area (Å²) < 4.78 is 17.5. The highest BCUT2D eigenvalue weighted by Gasteiger charge is 2.44. The lowest BCUT2D eigenvalue weighted by atomic mass is 10.3. The SMILES string of the molecule is CC(C)[Si](OCCCOc1ccccc1)(C(C)C)C(C)C.OCCCOc1ccccc1.S. The van der Waals surface area contributed by atoms with Gasteiger partial charge >= 0.3 is 0 Å². The summed E-state index contributed by atoms with van der Waals surface area (Å²) in [5.41, 5.74) is 1.94. The van der Waals surface area contributed by atoms with Gasteiger partial charge in [0.2, 0.25) is 0 Å². The Morgan fingerprint density at radius 3 is 1.39 bits per heavy atom. The van der Waals surface area contributed by atoms with Gasteiger partial charge in [-0.2, -0.15) is 13.5 Å². The van der Waals surface area contributed by atoms with Gasteiger partial charge in [0.05, 0.1) is 13.2 Å². The van der Waals surface area contributed by atoms with Crippen LogP contribution in [0.25, 0.3) is 0 Å². The normalized spacial score (nSPS) is 11.1. The van der Waals surface area contributed by atoms with E-state index in [1.165, 1.54) is 0 Å². The molecule has 2 aromatic rings. The highest BCUT2D eigenvalue weighted by Crippen LogP contribution is 2.42. The average Bonchev–Trinajstić information content (AvgIpc) is 2.77. The third kappa shape index (κ3) is 11.5. The van der Waals surface area contributed by atoms with Gasteiger partial charge in [-0.3, -0.25) is 0 Å². The fraction of sp³-hybridized carbons (Fsp3) is 0.556. The summed E-state index contributed by atoms with van der Waals surface area (Å²) in [5, 5.41) is 8.46. The van der Waals surface area contributed by atoms with Crippen molar-refractivity contribution in [3.05, 3.63) is 60.7 Å². The highest BCUT2D eigenvalue weighted by molar-refractivity contribution is 7.59. The molecule has 0 atom stereocenters. The number of aliphatic hydroxyl groups is 1. The average molecular weight is 495 g/mol. The van der Waals surface area contributed by atoms with E-state index >= 15 is 0 Å². The van der Waals surface area contributed by atoms with Gasteiger partial charge in [0, 0.05) is 26.1 Å². The third-order valence-electron chi connectivity index (χ3n) is 5.67. The lowest BCUT2D eigenvalue weighted by Crippen LogP contribution is -2.48. The molecule has 0 unspecified atom stereocenters. The molecule has 2 aromatic carbocycles. The minimum absolute atomic E-state index is 0. The lowest BCUT2D eigenvalue weighted by molar-refractivity contribution is 0.228. The molecule has 188 valence electrons. The molecule has 1 N–H and O–H groups in total. The Bertz CT molecular complexity index is 674. The number of hydrogen-bond acceptors (Lipinski definition) is 4. The first kappa shape index (κ1) is 31.5. The van der Waals surface area contributed by atoms with Crippen molar-refractivity contribution in [1.82, 2.24) is 0 Å². The summed E-state index contributed by atoms with van der Waals surface area (Å²) in [4.78, 5) is 0. The molecule has 0 fully saturated rings. The van der Waals surface area contributed by atoms with Crippen LogP contribution in [0.2, 0.25) is 16.6 Å². The number of ether oxygens (including phenoxy) is 2. The largest absolute Gasteiger partial charge is 0.494 e. The number of para-hydroxylation sites is 2. The molecule has 33 heavy (non-hydrogen) atoms. The topological polar surface area (TPSA) is 47.9 Å². The van der Waals surface area contributed by atoms with E-state index in [-0.39, 0.29) is 20.1 Å². The number of hydrogen-bond donors (Lipinski definition) is 1. The summed E-state index contributed by atoms with van der Waals surface area (Å²) in [6, 6.07) is 19.6. The van der Waals surface area contributed by atoms with Gasteiger partial charge in [0.1, 0.15) is 11.5 Å². The van der Waals surface area contributed by atoms with Crippen molar-refractivity contribution >= 4 is 21.8 Å². The Morgan fingerprint density at radius 2 is 1.03 bits per heavy atom. The molecule has 0 saturated carbocycles. The first-order valence-electron chi connectivity index (χ1n) is 11.9. The van der Waals surface area contributed by atoms with Crippen molar-refractivity contribution in [2.24, 2.45) is 0 Å². The van der Waals surface area contributed by atoms with Gasteiger partial charge in [-0.25, -0.2) is 0 Å². The van der Waals surface area contributed by atoms with E-state index < -0.39 is 8.32 Å². The molecule has 2 rings (SSSR count). The Hall–Kier alpha value is -1.47. The van der Waals surface area contributed by atoms with Crippen LogP contribution < -0.4 is 9.47 Å². The minimum Gasteiger partial charge on any atom is -0.494 e. The Morgan fingerprint density at radius 1 is 0.636 bits per heavy atom.